The van der Waals surface area contributed by atoms with Crippen molar-refractivity contribution >= 4 is 12.0 Å². The van der Waals surface area contributed by atoms with E-state index in [1.807, 2.05) is 12.1 Å². The fourth-order valence-electron chi connectivity index (χ4n) is 2.20. The van der Waals surface area contributed by atoms with Crippen molar-refractivity contribution in [3.8, 4) is 0 Å². The zero-order chi connectivity index (χ0) is 13.8. The molecular weight excluding hydrogens is 252 g/mol. The number of rotatable bonds is 3. The van der Waals surface area contributed by atoms with Crippen LogP contribution >= 0.6 is 0 Å². The first kappa shape index (κ1) is 14.0. The molecular formula is C11H20N4O4. The van der Waals surface area contributed by atoms with Gasteiger partial charge >= 0.3 is 12.0 Å². The number of hydrazine groups is 1. The summed E-state index contributed by atoms with van der Waals surface area (Å²) < 4.78 is 5.09. The molecule has 2 atom stereocenters. The van der Waals surface area contributed by atoms with Crippen LogP contribution in [-0.4, -0.2) is 79.5 Å². The zero-order valence-corrected chi connectivity index (χ0v) is 11.0. The van der Waals surface area contributed by atoms with Gasteiger partial charge in [-0.1, -0.05) is 0 Å². The number of hydrogen-bond donors (Lipinski definition) is 3. The summed E-state index contributed by atoms with van der Waals surface area (Å²) in [7, 11) is 2.03. The van der Waals surface area contributed by atoms with Crippen molar-refractivity contribution in [2.75, 3.05) is 46.4 Å². The molecule has 3 N–H and O–H groups in total. The molecule has 2 fully saturated rings. The first-order chi connectivity index (χ1) is 9.06. The summed E-state index contributed by atoms with van der Waals surface area (Å²) in [5.41, 5.74) is 2.73. The van der Waals surface area contributed by atoms with Crippen molar-refractivity contribution in [2.45, 2.75) is 6.04 Å². The van der Waals surface area contributed by atoms with E-state index in [2.05, 4.69) is 15.6 Å². The van der Waals surface area contributed by atoms with Crippen molar-refractivity contribution < 1.29 is 19.4 Å². The average Bonchev–Trinajstić information content (AvgIpc) is 2.80. The molecule has 2 unspecified atom stereocenters. The highest BCUT2D eigenvalue weighted by atomic mass is 16.5. The standard InChI is InChI=1S/C11H20N4O4/c1-14-2-4-15(5-3-14)13-11(18)12-9-7-19-6-8(9)10(16)17/h8-9H,2-7H2,1H3,(H,16,17)(H2,12,13,18). The van der Waals surface area contributed by atoms with Gasteiger partial charge in [-0.05, 0) is 7.05 Å². The van der Waals surface area contributed by atoms with E-state index in [4.69, 9.17) is 9.84 Å². The molecule has 0 aromatic heterocycles. The Morgan fingerprint density at radius 3 is 2.53 bits per heavy atom. The Bertz CT molecular complexity index is 344. The van der Waals surface area contributed by atoms with Gasteiger partial charge in [-0.15, -0.1) is 0 Å². The maximum atomic E-state index is 11.8. The predicted octanol–water partition coefficient (Wildman–Crippen LogP) is -1.45. The molecule has 2 rings (SSSR count). The fraction of sp³-hybridized carbons (Fsp3) is 0.818. The summed E-state index contributed by atoms with van der Waals surface area (Å²) in [5.74, 6) is -1.61. The monoisotopic (exact) mass is 272 g/mol. The van der Waals surface area contributed by atoms with Crippen LogP contribution in [0, 0.1) is 5.92 Å². The Morgan fingerprint density at radius 1 is 1.21 bits per heavy atom. The summed E-state index contributed by atoms with van der Waals surface area (Å²) >= 11 is 0. The summed E-state index contributed by atoms with van der Waals surface area (Å²) in [4.78, 5) is 24.9. The number of piperazine rings is 1. The Kier molecular flexibility index (Phi) is 4.56. The van der Waals surface area contributed by atoms with Gasteiger partial charge in [-0.2, -0.15) is 0 Å². The van der Waals surface area contributed by atoms with Crippen LogP contribution in [0.5, 0.6) is 0 Å². The van der Waals surface area contributed by atoms with Gasteiger partial charge in [0.2, 0.25) is 0 Å². The van der Waals surface area contributed by atoms with Crippen molar-refractivity contribution in [3.63, 3.8) is 0 Å². The number of ether oxygens (including phenoxy) is 1. The molecule has 8 heteroatoms. The molecule has 0 spiro atoms. The number of nitrogens with one attached hydrogen (secondary N) is 2. The van der Waals surface area contributed by atoms with Gasteiger partial charge in [0.1, 0.15) is 5.92 Å². The lowest BCUT2D eigenvalue weighted by Gasteiger charge is -2.32. The summed E-state index contributed by atoms with van der Waals surface area (Å²) in [5, 5.41) is 13.5. The van der Waals surface area contributed by atoms with Crippen LogP contribution in [-0.2, 0) is 9.53 Å². The van der Waals surface area contributed by atoms with Crippen LogP contribution in [0.15, 0.2) is 0 Å². The zero-order valence-electron chi connectivity index (χ0n) is 11.0. The van der Waals surface area contributed by atoms with E-state index < -0.39 is 17.9 Å². The average molecular weight is 272 g/mol. The number of urea groups is 1. The summed E-state index contributed by atoms with van der Waals surface area (Å²) in [6, 6.07) is -0.837. The highest BCUT2D eigenvalue weighted by molar-refractivity contribution is 5.76. The van der Waals surface area contributed by atoms with Gasteiger partial charge in [0.15, 0.2) is 0 Å². The molecule has 2 aliphatic rings. The smallest absolute Gasteiger partial charge is 0.329 e. The molecule has 108 valence electrons. The van der Waals surface area contributed by atoms with Crippen LogP contribution in [0.1, 0.15) is 0 Å². The second-order valence-corrected chi connectivity index (χ2v) is 4.96. The summed E-state index contributed by atoms with van der Waals surface area (Å²) in [6.07, 6.45) is 0. The number of carboxylic acids is 1. The largest absolute Gasteiger partial charge is 0.481 e. The molecule has 0 aromatic carbocycles. The lowest BCUT2D eigenvalue weighted by atomic mass is 10.0. The van der Waals surface area contributed by atoms with Crippen molar-refractivity contribution in [2.24, 2.45) is 5.92 Å². The van der Waals surface area contributed by atoms with E-state index in [1.165, 1.54) is 0 Å². The lowest BCUT2D eigenvalue weighted by molar-refractivity contribution is -0.142. The fourth-order valence-corrected chi connectivity index (χ4v) is 2.20. The molecule has 0 saturated carbocycles. The number of amides is 2. The minimum Gasteiger partial charge on any atom is -0.481 e. The molecule has 0 aromatic rings. The van der Waals surface area contributed by atoms with Crippen LogP contribution < -0.4 is 10.7 Å². The second-order valence-electron chi connectivity index (χ2n) is 4.96. The lowest BCUT2D eigenvalue weighted by Crippen LogP contribution is -2.57. The Balaban J connectivity index is 1.76. The molecule has 0 bridgehead atoms. The number of carboxylic acid groups (broad SMARTS) is 1. The first-order valence-corrected chi connectivity index (χ1v) is 6.37. The van der Waals surface area contributed by atoms with Crippen molar-refractivity contribution in [1.29, 1.82) is 0 Å². The number of hydrogen-bond acceptors (Lipinski definition) is 5. The number of carbonyl (C=O) groups is 2. The third kappa shape index (κ3) is 3.79. The summed E-state index contributed by atoms with van der Waals surface area (Å²) in [6.45, 7) is 3.69. The SMILES string of the molecule is CN1CCN(NC(=O)NC2COCC2C(=O)O)CC1. The molecule has 2 heterocycles. The highest BCUT2D eigenvalue weighted by Crippen LogP contribution is 2.13. The van der Waals surface area contributed by atoms with E-state index >= 15 is 0 Å². The maximum absolute atomic E-state index is 11.8. The maximum Gasteiger partial charge on any atom is 0.329 e. The predicted molar refractivity (Wildman–Crippen MR) is 66.5 cm³/mol. The third-order valence-corrected chi connectivity index (χ3v) is 3.48. The molecule has 2 amide bonds. The molecule has 0 radical (unpaired) electrons. The second kappa shape index (κ2) is 6.18. The van der Waals surface area contributed by atoms with Crippen LogP contribution in [0.4, 0.5) is 4.79 Å². The van der Waals surface area contributed by atoms with Gasteiger partial charge < -0.3 is 20.1 Å². The Morgan fingerprint density at radius 2 is 1.89 bits per heavy atom. The van der Waals surface area contributed by atoms with Gasteiger partial charge in [0.25, 0.3) is 0 Å². The quantitative estimate of drug-likeness (QED) is 0.582. The highest BCUT2D eigenvalue weighted by Gasteiger charge is 2.35. The normalized spacial score (nSPS) is 29.1. The number of nitrogens with zero attached hydrogens (tertiary/aromatic N) is 2. The van der Waals surface area contributed by atoms with Crippen molar-refractivity contribution in [1.82, 2.24) is 20.7 Å². The minimum atomic E-state index is -0.942. The molecule has 0 aliphatic carbocycles. The number of likely N-dealkylation sites (N-methyl/N-ethyl adjacent to an activating group) is 1. The first-order valence-electron chi connectivity index (χ1n) is 6.37. The van der Waals surface area contributed by atoms with Gasteiger partial charge in [-0.25, -0.2) is 9.80 Å². The number of aliphatic carboxylic acids is 1. The van der Waals surface area contributed by atoms with E-state index in [-0.39, 0.29) is 19.2 Å². The van der Waals surface area contributed by atoms with E-state index in [1.54, 1.807) is 0 Å². The van der Waals surface area contributed by atoms with Crippen LogP contribution in [0.25, 0.3) is 0 Å². The van der Waals surface area contributed by atoms with Gasteiger partial charge in [0, 0.05) is 26.2 Å². The third-order valence-electron chi connectivity index (χ3n) is 3.48. The van der Waals surface area contributed by atoms with E-state index in [0.717, 1.165) is 26.2 Å². The van der Waals surface area contributed by atoms with Crippen LogP contribution in [0.2, 0.25) is 0 Å². The van der Waals surface area contributed by atoms with E-state index in [9.17, 15) is 9.59 Å². The van der Waals surface area contributed by atoms with Crippen LogP contribution in [0.3, 0.4) is 0 Å². The van der Waals surface area contributed by atoms with Crippen molar-refractivity contribution in [3.05, 3.63) is 0 Å². The molecule has 2 aliphatic heterocycles. The van der Waals surface area contributed by atoms with E-state index in [0.29, 0.717) is 0 Å². The Hall–Kier alpha value is -1.38. The molecule has 2 saturated heterocycles. The Labute approximate surface area is 111 Å². The van der Waals surface area contributed by atoms with Gasteiger partial charge in [-0.3, -0.25) is 10.2 Å². The molecule has 19 heavy (non-hydrogen) atoms. The minimum absolute atomic E-state index is 0.148. The number of carbonyl (C=O) groups excluding carboxylic acids is 1. The van der Waals surface area contributed by atoms with Gasteiger partial charge in [0.05, 0.1) is 19.3 Å². The molecule has 8 nitrogen and oxygen atoms in total. The topological polar surface area (TPSA) is 94.1 Å².